The smallest absolute Gasteiger partial charge is 0.330 e. The first-order valence-corrected chi connectivity index (χ1v) is 7.53. The number of esters is 1. The topological polar surface area (TPSA) is 72.5 Å². The number of hydrogen-bond donors (Lipinski definition) is 1. The van der Waals surface area contributed by atoms with Crippen LogP contribution < -0.4 is 5.32 Å². The van der Waals surface area contributed by atoms with E-state index in [1.807, 2.05) is 0 Å². The molecule has 0 aromatic rings. The number of ether oxygens (including phenoxy) is 1. The molecule has 17 heavy (non-hydrogen) atoms. The monoisotopic (exact) mass is 261 g/mol. The first kappa shape index (κ1) is 14.2. The Labute approximate surface area is 102 Å². The van der Waals surface area contributed by atoms with Crippen LogP contribution in [0.4, 0.5) is 0 Å². The van der Waals surface area contributed by atoms with E-state index in [-0.39, 0.29) is 11.2 Å². The average Bonchev–Trinajstić information content (AvgIpc) is 2.58. The van der Waals surface area contributed by atoms with E-state index in [0.29, 0.717) is 25.4 Å². The summed E-state index contributed by atoms with van der Waals surface area (Å²) < 4.78 is 27.7. The third kappa shape index (κ3) is 4.87. The second-order valence-corrected chi connectivity index (χ2v) is 6.34. The fraction of sp³-hybridized carbons (Fsp3) is 0.727. The maximum Gasteiger partial charge on any atom is 0.330 e. The zero-order chi connectivity index (χ0) is 12.7. The molecule has 1 heterocycles. The van der Waals surface area contributed by atoms with Gasteiger partial charge in [-0.15, -0.1) is 0 Å². The van der Waals surface area contributed by atoms with Gasteiger partial charge < -0.3 is 10.1 Å². The normalized spacial score (nSPS) is 23.0. The molecule has 5 nitrogen and oxygen atoms in total. The fourth-order valence-corrected chi connectivity index (χ4v) is 3.56. The second-order valence-electron chi connectivity index (χ2n) is 3.94. The van der Waals surface area contributed by atoms with Crippen molar-refractivity contribution in [1.82, 2.24) is 5.32 Å². The molecule has 6 heteroatoms. The predicted octanol–water partition coefficient (Wildman–Crippen LogP) is 0.272. The molecule has 1 rings (SSSR count). The summed E-state index contributed by atoms with van der Waals surface area (Å²) in [5, 5.41) is 2.74. The molecule has 0 amide bonds. The summed E-state index contributed by atoms with van der Waals surface area (Å²) in [6.07, 6.45) is 4.48. The van der Waals surface area contributed by atoms with Crippen LogP contribution in [0.3, 0.4) is 0 Å². The van der Waals surface area contributed by atoms with E-state index < -0.39 is 9.84 Å². The molecule has 1 aliphatic heterocycles. The maximum atomic E-state index is 11.5. The highest BCUT2D eigenvalue weighted by molar-refractivity contribution is 7.92. The highest BCUT2D eigenvalue weighted by Gasteiger charge is 2.30. The molecule has 0 aromatic heterocycles. The van der Waals surface area contributed by atoms with E-state index in [2.05, 4.69) is 5.32 Å². The van der Waals surface area contributed by atoms with Gasteiger partial charge in [0.05, 0.1) is 17.6 Å². The molecular weight excluding hydrogens is 242 g/mol. The Kier molecular flexibility index (Phi) is 5.64. The van der Waals surface area contributed by atoms with Crippen LogP contribution in [0.5, 0.6) is 0 Å². The summed E-state index contributed by atoms with van der Waals surface area (Å²) in [5.74, 6) is -0.0688. The summed E-state index contributed by atoms with van der Waals surface area (Å²) in [4.78, 5) is 10.9. The van der Waals surface area contributed by atoms with Crippen molar-refractivity contribution in [2.45, 2.75) is 25.0 Å². The van der Waals surface area contributed by atoms with Gasteiger partial charge in [-0.05, 0) is 19.8 Å². The number of nitrogens with one attached hydrogen (secondary N) is 1. The van der Waals surface area contributed by atoms with E-state index in [1.54, 1.807) is 13.0 Å². The Morgan fingerprint density at radius 2 is 2.29 bits per heavy atom. The van der Waals surface area contributed by atoms with Crippen molar-refractivity contribution in [3.05, 3.63) is 12.2 Å². The highest BCUT2D eigenvalue weighted by Crippen LogP contribution is 2.18. The minimum absolute atomic E-state index is 0.265. The lowest BCUT2D eigenvalue weighted by molar-refractivity contribution is -0.137. The van der Waals surface area contributed by atoms with Crippen LogP contribution in [0.15, 0.2) is 12.2 Å². The van der Waals surface area contributed by atoms with Crippen molar-refractivity contribution < 1.29 is 17.9 Å². The van der Waals surface area contributed by atoms with Gasteiger partial charge in [0, 0.05) is 19.2 Å². The van der Waals surface area contributed by atoms with E-state index >= 15 is 0 Å². The summed E-state index contributed by atoms with van der Waals surface area (Å²) in [6, 6.07) is 0. The van der Waals surface area contributed by atoms with Crippen LogP contribution in [0.2, 0.25) is 0 Å². The standard InChI is InChI=1S/C11H19NO4S/c1-2-16-11(13)6-3-7-12-9-10-5-4-8-17(10,14)15/h3,6,10,12H,2,4-5,7-9H2,1H3/b6-3+. The first-order valence-electron chi connectivity index (χ1n) is 5.82. The summed E-state index contributed by atoms with van der Waals surface area (Å²) in [5.41, 5.74) is 0. The van der Waals surface area contributed by atoms with Gasteiger partial charge in [0.2, 0.25) is 0 Å². The molecule has 1 fully saturated rings. The summed E-state index contributed by atoms with van der Waals surface area (Å²) in [6.45, 7) is 3.03. The lowest BCUT2D eigenvalue weighted by Crippen LogP contribution is -2.30. The molecule has 0 aliphatic carbocycles. The molecule has 1 saturated heterocycles. The SMILES string of the molecule is CCOC(=O)/C=C/CNCC1CCCS1(=O)=O. The Balaban J connectivity index is 2.18. The fourth-order valence-electron chi connectivity index (χ4n) is 1.76. The molecular formula is C11H19NO4S. The van der Waals surface area contributed by atoms with E-state index in [4.69, 9.17) is 4.74 Å². The summed E-state index contributed by atoms with van der Waals surface area (Å²) in [7, 11) is -2.88. The molecule has 98 valence electrons. The quantitative estimate of drug-likeness (QED) is 0.422. The van der Waals surface area contributed by atoms with Crippen molar-refractivity contribution >= 4 is 15.8 Å². The third-order valence-electron chi connectivity index (χ3n) is 2.64. The predicted molar refractivity (Wildman–Crippen MR) is 65.5 cm³/mol. The molecule has 1 unspecified atom stereocenters. The van der Waals surface area contributed by atoms with Gasteiger partial charge in [-0.2, -0.15) is 0 Å². The number of sulfone groups is 1. The largest absolute Gasteiger partial charge is 0.463 e. The Morgan fingerprint density at radius 3 is 2.88 bits per heavy atom. The van der Waals surface area contributed by atoms with Crippen LogP contribution in [0.25, 0.3) is 0 Å². The van der Waals surface area contributed by atoms with Crippen LogP contribution >= 0.6 is 0 Å². The van der Waals surface area contributed by atoms with Gasteiger partial charge in [-0.3, -0.25) is 0 Å². The van der Waals surface area contributed by atoms with Gasteiger partial charge in [0.15, 0.2) is 9.84 Å². The molecule has 0 saturated carbocycles. The van der Waals surface area contributed by atoms with Crippen molar-refractivity contribution in [3.63, 3.8) is 0 Å². The van der Waals surface area contributed by atoms with E-state index in [1.165, 1.54) is 6.08 Å². The minimum atomic E-state index is -2.88. The van der Waals surface area contributed by atoms with Gasteiger partial charge in [-0.25, -0.2) is 13.2 Å². The van der Waals surface area contributed by atoms with Crippen LogP contribution in [-0.2, 0) is 19.4 Å². The average molecular weight is 261 g/mol. The van der Waals surface area contributed by atoms with Gasteiger partial charge in [0.25, 0.3) is 0 Å². The third-order valence-corrected chi connectivity index (χ3v) is 4.91. The Hall–Kier alpha value is -0.880. The molecule has 0 spiro atoms. The second kappa shape index (κ2) is 6.76. The number of carbonyl (C=O) groups excluding carboxylic acids is 1. The molecule has 0 bridgehead atoms. The zero-order valence-electron chi connectivity index (χ0n) is 10.0. The van der Waals surface area contributed by atoms with Crippen LogP contribution in [-0.4, -0.2) is 45.1 Å². The van der Waals surface area contributed by atoms with Crippen LogP contribution in [0.1, 0.15) is 19.8 Å². The Bertz CT molecular complexity index is 375. The Morgan fingerprint density at radius 1 is 1.53 bits per heavy atom. The van der Waals surface area contributed by atoms with Crippen molar-refractivity contribution in [2.75, 3.05) is 25.4 Å². The molecule has 1 N–H and O–H groups in total. The van der Waals surface area contributed by atoms with Crippen molar-refractivity contribution in [3.8, 4) is 0 Å². The molecule has 0 radical (unpaired) electrons. The first-order chi connectivity index (χ1) is 8.06. The maximum absolute atomic E-state index is 11.5. The number of carbonyl (C=O) groups is 1. The molecule has 1 aliphatic rings. The zero-order valence-corrected chi connectivity index (χ0v) is 10.8. The highest BCUT2D eigenvalue weighted by atomic mass is 32.2. The number of rotatable bonds is 6. The lowest BCUT2D eigenvalue weighted by Gasteiger charge is -2.08. The summed E-state index contributed by atoms with van der Waals surface area (Å²) >= 11 is 0. The molecule has 1 atom stereocenters. The van der Waals surface area contributed by atoms with Crippen LogP contribution in [0, 0.1) is 0 Å². The van der Waals surface area contributed by atoms with Gasteiger partial charge in [0.1, 0.15) is 0 Å². The van der Waals surface area contributed by atoms with Crippen molar-refractivity contribution in [1.29, 1.82) is 0 Å². The van der Waals surface area contributed by atoms with Crippen molar-refractivity contribution in [2.24, 2.45) is 0 Å². The van der Waals surface area contributed by atoms with E-state index in [0.717, 1.165) is 12.8 Å². The number of hydrogen-bond acceptors (Lipinski definition) is 5. The van der Waals surface area contributed by atoms with Gasteiger partial charge >= 0.3 is 5.97 Å². The lowest BCUT2D eigenvalue weighted by atomic mass is 10.2. The van der Waals surface area contributed by atoms with E-state index in [9.17, 15) is 13.2 Å². The van der Waals surface area contributed by atoms with Gasteiger partial charge in [-0.1, -0.05) is 6.08 Å². The minimum Gasteiger partial charge on any atom is -0.463 e. The molecule has 0 aromatic carbocycles.